The molecular weight excluding hydrogens is 366 g/mol. The number of imidazole rings is 1. The number of benzene rings is 2. The Hall–Kier alpha value is -3.66. The van der Waals surface area contributed by atoms with Gasteiger partial charge in [0.2, 0.25) is 0 Å². The number of ether oxygens (including phenoxy) is 1. The maximum Gasteiger partial charge on any atom is 0.321 e. The Morgan fingerprint density at radius 2 is 1.89 bits per heavy atom. The highest BCUT2D eigenvalue weighted by atomic mass is 16.6. The van der Waals surface area contributed by atoms with Gasteiger partial charge in [-0.2, -0.15) is 4.73 Å². The van der Waals surface area contributed by atoms with Crippen molar-refractivity contribution in [3.05, 3.63) is 52.6 Å². The van der Waals surface area contributed by atoms with Gasteiger partial charge in [0.1, 0.15) is 5.52 Å². The summed E-state index contributed by atoms with van der Waals surface area (Å²) < 4.78 is 6.05. The van der Waals surface area contributed by atoms with E-state index in [2.05, 4.69) is 10.3 Å². The number of anilines is 1. The third-order valence-electron chi connectivity index (χ3n) is 4.52. The van der Waals surface area contributed by atoms with Crippen LogP contribution in [0.3, 0.4) is 0 Å². The fourth-order valence-corrected chi connectivity index (χ4v) is 3.02. The molecule has 2 aromatic carbocycles. The van der Waals surface area contributed by atoms with Gasteiger partial charge in [-0.1, -0.05) is 0 Å². The van der Waals surface area contributed by atoms with Crippen LogP contribution in [0.4, 0.5) is 16.2 Å². The van der Waals surface area contributed by atoms with Gasteiger partial charge in [-0.3, -0.25) is 10.1 Å². The van der Waals surface area contributed by atoms with Crippen LogP contribution in [0.15, 0.2) is 42.5 Å². The van der Waals surface area contributed by atoms with E-state index >= 15 is 0 Å². The van der Waals surface area contributed by atoms with E-state index in [1.54, 1.807) is 29.2 Å². The lowest BCUT2D eigenvalue weighted by molar-refractivity contribution is -0.384. The zero-order valence-electron chi connectivity index (χ0n) is 14.7. The molecule has 1 aliphatic heterocycles. The van der Waals surface area contributed by atoms with E-state index in [1.807, 2.05) is 0 Å². The number of nitrogens with zero attached hydrogens (tertiary/aromatic N) is 4. The summed E-state index contributed by atoms with van der Waals surface area (Å²) >= 11 is 0. The van der Waals surface area contributed by atoms with Crippen LogP contribution in [-0.4, -0.2) is 57.1 Å². The van der Waals surface area contributed by atoms with Crippen molar-refractivity contribution in [1.29, 1.82) is 0 Å². The van der Waals surface area contributed by atoms with Gasteiger partial charge in [0, 0.05) is 36.5 Å². The summed E-state index contributed by atoms with van der Waals surface area (Å²) in [6.45, 7) is 2.14. The van der Waals surface area contributed by atoms with E-state index in [1.165, 1.54) is 18.2 Å². The van der Waals surface area contributed by atoms with Gasteiger partial charge in [-0.15, -0.1) is 0 Å². The highest BCUT2D eigenvalue weighted by Crippen LogP contribution is 2.27. The van der Waals surface area contributed by atoms with Gasteiger partial charge in [0.15, 0.2) is 5.82 Å². The number of fused-ring (bicyclic) bond motifs is 1. The van der Waals surface area contributed by atoms with Crippen LogP contribution in [0.25, 0.3) is 22.4 Å². The molecule has 2 N–H and O–H groups in total. The second-order valence-corrected chi connectivity index (χ2v) is 6.28. The molecule has 2 amide bonds. The molecule has 0 saturated carbocycles. The number of hydrogen-bond acceptors (Lipinski definition) is 6. The minimum absolute atomic E-state index is 0.129. The maximum atomic E-state index is 12.2. The second kappa shape index (κ2) is 7.16. The average Bonchev–Trinajstić information content (AvgIpc) is 3.05. The fourth-order valence-electron chi connectivity index (χ4n) is 3.02. The Balaban J connectivity index is 1.56. The number of carbonyl (C=O) groups excluding carboxylic acids is 1. The molecule has 10 heteroatoms. The summed E-state index contributed by atoms with van der Waals surface area (Å²) in [7, 11) is 0. The molecule has 0 atom stereocenters. The summed E-state index contributed by atoms with van der Waals surface area (Å²) in [4.78, 5) is 28.6. The third kappa shape index (κ3) is 3.32. The number of nitro groups is 1. The molecular formula is C18H17N5O5. The number of carbonyl (C=O) groups is 1. The summed E-state index contributed by atoms with van der Waals surface area (Å²) in [5.74, 6) is 0.251. The number of urea groups is 1. The van der Waals surface area contributed by atoms with Gasteiger partial charge in [0.05, 0.1) is 23.7 Å². The number of nitrogens with one attached hydrogen (secondary N) is 1. The average molecular weight is 383 g/mol. The summed E-state index contributed by atoms with van der Waals surface area (Å²) in [5, 5.41) is 24.1. The standard InChI is InChI=1S/C18H17N5O5/c24-18(21-7-9-28-10-8-21)19-13-3-1-12(2-4-13)17-20-15-6-5-14(23(26)27)11-16(15)22(17)25/h1-6,11,25H,7-10H2,(H,19,24). The van der Waals surface area contributed by atoms with Crippen LogP contribution in [0.1, 0.15) is 0 Å². The van der Waals surface area contributed by atoms with Crippen LogP contribution in [-0.2, 0) is 4.74 Å². The number of morpholine rings is 1. The minimum atomic E-state index is -0.530. The number of rotatable bonds is 3. The van der Waals surface area contributed by atoms with Crippen LogP contribution in [0, 0.1) is 10.1 Å². The number of amides is 2. The quantitative estimate of drug-likeness (QED) is 0.407. The SMILES string of the molecule is O=C(Nc1ccc(-c2nc3ccc([N+](=O)[O-])cc3n2O)cc1)N1CCOCC1. The highest BCUT2D eigenvalue weighted by Gasteiger charge is 2.18. The molecule has 4 rings (SSSR count). The van der Waals surface area contributed by atoms with Crippen LogP contribution in [0.5, 0.6) is 0 Å². The topological polar surface area (TPSA) is 123 Å². The first-order valence-corrected chi connectivity index (χ1v) is 8.63. The Morgan fingerprint density at radius 1 is 1.18 bits per heavy atom. The van der Waals surface area contributed by atoms with Gasteiger partial charge >= 0.3 is 6.03 Å². The third-order valence-corrected chi connectivity index (χ3v) is 4.52. The van der Waals surface area contributed by atoms with E-state index in [9.17, 15) is 20.1 Å². The Bertz CT molecular complexity index is 1040. The molecule has 1 saturated heterocycles. The number of aromatic nitrogens is 2. The first kappa shape index (κ1) is 17.7. The van der Waals surface area contributed by atoms with Crippen LogP contribution < -0.4 is 5.32 Å². The smallest absolute Gasteiger partial charge is 0.321 e. The van der Waals surface area contributed by atoms with Crippen molar-refractivity contribution in [3.8, 4) is 11.4 Å². The van der Waals surface area contributed by atoms with E-state index < -0.39 is 4.92 Å². The van der Waals surface area contributed by atoms with Gasteiger partial charge in [-0.25, -0.2) is 9.78 Å². The fraction of sp³-hybridized carbons (Fsp3) is 0.222. The number of hydrogen-bond donors (Lipinski definition) is 2. The van der Waals surface area contributed by atoms with Crippen LogP contribution >= 0.6 is 0 Å². The van der Waals surface area contributed by atoms with E-state index in [-0.39, 0.29) is 23.1 Å². The summed E-state index contributed by atoms with van der Waals surface area (Å²) in [6, 6.07) is 10.7. The Labute approximate surface area is 159 Å². The molecule has 0 bridgehead atoms. The summed E-state index contributed by atoms with van der Waals surface area (Å²) in [5.41, 5.74) is 1.76. The maximum absolute atomic E-state index is 12.2. The molecule has 3 aromatic rings. The van der Waals surface area contributed by atoms with Crippen molar-refractivity contribution in [2.75, 3.05) is 31.6 Å². The Kier molecular flexibility index (Phi) is 4.53. The van der Waals surface area contributed by atoms with Gasteiger partial charge in [-0.05, 0) is 30.3 Å². The highest BCUT2D eigenvalue weighted by molar-refractivity contribution is 5.90. The van der Waals surface area contributed by atoms with Crippen molar-refractivity contribution in [3.63, 3.8) is 0 Å². The molecule has 1 aliphatic rings. The molecule has 0 aliphatic carbocycles. The van der Waals surface area contributed by atoms with Gasteiger partial charge < -0.3 is 20.2 Å². The van der Waals surface area contributed by atoms with E-state index in [0.717, 1.165) is 4.73 Å². The molecule has 10 nitrogen and oxygen atoms in total. The second-order valence-electron chi connectivity index (χ2n) is 6.28. The molecule has 1 aromatic heterocycles. The van der Waals surface area contributed by atoms with Gasteiger partial charge in [0.25, 0.3) is 5.69 Å². The van der Waals surface area contributed by atoms with Crippen LogP contribution in [0.2, 0.25) is 0 Å². The lowest BCUT2D eigenvalue weighted by Gasteiger charge is -2.26. The largest absolute Gasteiger partial charge is 0.426 e. The predicted octanol–water partition coefficient (Wildman–Crippen LogP) is 2.71. The van der Waals surface area contributed by atoms with E-state index in [4.69, 9.17) is 4.74 Å². The lowest BCUT2D eigenvalue weighted by Crippen LogP contribution is -2.43. The monoisotopic (exact) mass is 383 g/mol. The van der Waals surface area contributed by atoms with Crippen molar-refractivity contribution < 1.29 is 19.7 Å². The molecule has 1 fully saturated rings. The first-order valence-electron chi connectivity index (χ1n) is 8.63. The van der Waals surface area contributed by atoms with Crippen molar-refractivity contribution in [1.82, 2.24) is 14.6 Å². The zero-order chi connectivity index (χ0) is 19.7. The number of non-ortho nitro benzene ring substituents is 1. The van der Waals surface area contributed by atoms with Crippen molar-refractivity contribution in [2.45, 2.75) is 0 Å². The molecule has 0 radical (unpaired) electrons. The van der Waals surface area contributed by atoms with E-state index in [0.29, 0.717) is 43.1 Å². The normalized spacial score (nSPS) is 14.2. The molecule has 0 spiro atoms. The lowest BCUT2D eigenvalue weighted by atomic mass is 10.2. The first-order chi connectivity index (χ1) is 13.5. The number of nitro benzene ring substituents is 1. The predicted molar refractivity (Wildman–Crippen MR) is 100 cm³/mol. The van der Waals surface area contributed by atoms with Crippen molar-refractivity contribution >= 4 is 28.4 Å². The zero-order valence-corrected chi connectivity index (χ0v) is 14.7. The minimum Gasteiger partial charge on any atom is -0.426 e. The molecule has 28 heavy (non-hydrogen) atoms. The molecule has 2 heterocycles. The molecule has 0 unspecified atom stereocenters. The summed E-state index contributed by atoms with van der Waals surface area (Å²) in [6.07, 6.45) is 0. The Morgan fingerprint density at radius 3 is 2.57 bits per heavy atom. The molecule has 144 valence electrons. The van der Waals surface area contributed by atoms with Crippen molar-refractivity contribution in [2.24, 2.45) is 0 Å².